The molecule has 5 heteroatoms. The van der Waals surface area contributed by atoms with E-state index in [4.69, 9.17) is 5.73 Å². The standard InChI is InChI=1S/C10H19NO3S/c1-14-9(12)5-3-2-4-8-10(13)7(11)6-15-8/h7-8,10,13H,2-6,11H2,1H3/t7-,8+,10-/m1/s1. The molecule has 0 bridgehead atoms. The van der Waals surface area contributed by atoms with Gasteiger partial charge in [-0.3, -0.25) is 4.79 Å². The van der Waals surface area contributed by atoms with Crippen LogP contribution in [0.4, 0.5) is 0 Å². The van der Waals surface area contributed by atoms with Gasteiger partial charge in [-0.2, -0.15) is 11.8 Å². The molecule has 0 amide bonds. The summed E-state index contributed by atoms with van der Waals surface area (Å²) in [6.45, 7) is 0. The van der Waals surface area contributed by atoms with E-state index in [2.05, 4.69) is 4.74 Å². The number of carbonyl (C=O) groups excluding carboxylic acids is 1. The molecule has 88 valence electrons. The SMILES string of the molecule is COC(=O)CCCC[C@@H]1SC[C@@H](N)[C@H]1O. The lowest BCUT2D eigenvalue weighted by Crippen LogP contribution is -2.36. The summed E-state index contributed by atoms with van der Waals surface area (Å²) in [5.74, 6) is 0.675. The fraction of sp³-hybridized carbons (Fsp3) is 0.900. The van der Waals surface area contributed by atoms with E-state index in [1.54, 1.807) is 11.8 Å². The highest BCUT2D eigenvalue weighted by molar-refractivity contribution is 8.00. The fourth-order valence-corrected chi connectivity index (χ4v) is 3.08. The molecule has 1 heterocycles. The second kappa shape index (κ2) is 6.35. The summed E-state index contributed by atoms with van der Waals surface area (Å²) < 4.78 is 4.55. The summed E-state index contributed by atoms with van der Waals surface area (Å²) in [6, 6.07) is -0.0828. The molecule has 0 spiro atoms. The summed E-state index contributed by atoms with van der Waals surface area (Å²) in [4.78, 5) is 10.8. The zero-order chi connectivity index (χ0) is 11.3. The second-order valence-electron chi connectivity index (χ2n) is 3.85. The van der Waals surface area contributed by atoms with Crippen LogP contribution in [0, 0.1) is 0 Å². The average molecular weight is 233 g/mol. The van der Waals surface area contributed by atoms with Crippen LogP contribution in [0.15, 0.2) is 0 Å². The number of nitrogens with two attached hydrogens (primary N) is 1. The zero-order valence-corrected chi connectivity index (χ0v) is 9.83. The Kier molecular flexibility index (Phi) is 5.42. The lowest BCUT2D eigenvalue weighted by atomic mass is 10.0. The molecule has 0 radical (unpaired) electrons. The van der Waals surface area contributed by atoms with Crippen LogP contribution in [0.1, 0.15) is 25.7 Å². The Bertz CT molecular complexity index is 213. The molecule has 1 saturated heterocycles. The Hall–Kier alpha value is -0.260. The first-order chi connectivity index (χ1) is 7.15. The maximum absolute atomic E-state index is 10.8. The van der Waals surface area contributed by atoms with E-state index < -0.39 is 0 Å². The molecule has 1 fully saturated rings. The molecule has 1 aliphatic heterocycles. The van der Waals surface area contributed by atoms with Gasteiger partial charge in [0.1, 0.15) is 0 Å². The van der Waals surface area contributed by atoms with Gasteiger partial charge in [0.25, 0.3) is 0 Å². The molecule has 3 N–H and O–H groups in total. The molecule has 0 aliphatic carbocycles. The van der Waals surface area contributed by atoms with Crippen molar-refractivity contribution in [3.63, 3.8) is 0 Å². The summed E-state index contributed by atoms with van der Waals surface area (Å²) >= 11 is 1.73. The van der Waals surface area contributed by atoms with Gasteiger partial charge >= 0.3 is 5.97 Å². The summed E-state index contributed by atoms with van der Waals surface area (Å²) in [5.41, 5.74) is 5.70. The lowest BCUT2D eigenvalue weighted by Gasteiger charge is -2.15. The van der Waals surface area contributed by atoms with Crippen LogP contribution in [-0.4, -0.2) is 41.3 Å². The highest BCUT2D eigenvalue weighted by Gasteiger charge is 2.32. The minimum absolute atomic E-state index is 0.0828. The molecule has 1 rings (SSSR count). The molecular weight excluding hydrogens is 214 g/mol. The maximum atomic E-state index is 10.8. The number of thioether (sulfide) groups is 1. The van der Waals surface area contributed by atoms with E-state index in [-0.39, 0.29) is 23.4 Å². The number of aliphatic hydroxyl groups is 1. The number of hydrogen-bond donors (Lipinski definition) is 2. The zero-order valence-electron chi connectivity index (χ0n) is 9.02. The maximum Gasteiger partial charge on any atom is 0.305 e. The van der Waals surface area contributed by atoms with E-state index >= 15 is 0 Å². The fourth-order valence-electron chi connectivity index (χ4n) is 1.68. The first kappa shape index (κ1) is 12.8. The highest BCUT2D eigenvalue weighted by atomic mass is 32.2. The molecule has 0 aromatic heterocycles. The van der Waals surface area contributed by atoms with Crippen LogP contribution in [0.2, 0.25) is 0 Å². The molecular formula is C10H19NO3S. The van der Waals surface area contributed by atoms with Crippen molar-refractivity contribution in [2.24, 2.45) is 5.73 Å². The van der Waals surface area contributed by atoms with Crippen molar-refractivity contribution in [1.29, 1.82) is 0 Å². The predicted molar refractivity (Wildman–Crippen MR) is 60.7 cm³/mol. The number of aliphatic hydroxyl groups excluding tert-OH is 1. The van der Waals surface area contributed by atoms with Crippen molar-refractivity contribution in [1.82, 2.24) is 0 Å². The average Bonchev–Trinajstić information content (AvgIpc) is 2.55. The van der Waals surface area contributed by atoms with Gasteiger partial charge in [0.15, 0.2) is 0 Å². The number of unbranched alkanes of at least 4 members (excludes halogenated alkanes) is 1. The van der Waals surface area contributed by atoms with E-state index in [0.717, 1.165) is 25.0 Å². The Labute approximate surface area is 94.6 Å². The Balaban J connectivity index is 2.08. The molecule has 0 unspecified atom stereocenters. The van der Waals surface area contributed by atoms with Gasteiger partial charge in [-0.25, -0.2) is 0 Å². The Morgan fingerprint density at radius 3 is 2.87 bits per heavy atom. The van der Waals surface area contributed by atoms with Gasteiger partial charge in [0, 0.05) is 23.5 Å². The second-order valence-corrected chi connectivity index (χ2v) is 5.12. The Morgan fingerprint density at radius 2 is 2.33 bits per heavy atom. The van der Waals surface area contributed by atoms with Crippen molar-refractivity contribution in [3.8, 4) is 0 Å². The van der Waals surface area contributed by atoms with Gasteiger partial charge < -0.3 is 15.6 Å². The first-order valence-electron chi connectivity index (χ1n) is 5.27. The summed E-state index contributed by atoms with van der Waals surface area (Å²) in [5, 5.41) is 9.92. The van der Waals surface area contributed by atoms with E-state index in [0.29, 0.717) is 6.42 Å². The third-order valence-electron chi connectivity index (χ3n) is 2.67. The smallest absolute Gasteiger partial charge is 0.305 e. The van der Waals surface area contributed by atoms with Gasteiger partial charge in [0.05, 0.1) is 13.2 Å². The molecule has 3 atom stereocenters. The van der Waals surface area contributed by atoms with Crippen molar-refractivity contribution < 1.29 is 14.6 Å². The largest absolute Gasteiger partial charge is 0.469 e. The van der Waals surface area contributed by atoms with Crippen LogP contribution in [0.5, 0.6) is 0 Å². The van der Waals surface area contributed by atoms with Crippen molar-refractivity contribution in [3.05, 3.63) is 0 Å². The minimum Gasteiger partial charge on any atom is -0.469 e. The quantitative estimate of drug-likeness (QED) is 0.535. The molecule has 0 aromatic rings. The van der Waals surface area contributed by atoms with Crippen LogP contribution >= 0.6 is 11.8 Å². The summed E-state index contributed by atoms with van der Waals surface area (Å²) in [6.07, 6.45) is 2.78. The lowest BCUT2D eigenvalue weighted by molar-refractivity contribution is -0.140. The number of ether oxygens (including phenoxy) is 1. The van der Waals surface area contributed by atoms with E-state index in [1.165, 1.54) is 7.11 Å². The third kappa shape index (κ3) is 4.01. The first-order valence-corrected chi connectivity index (χ1v) is 6.32. The van der Waals surface area contributed by atoms with Crippen molar-refractivity contribution in [2.75, 3.05) is 12.9 Å². The number of rotatable bonds is 5. The van der Waals surface area contributed by atoms with Crippen LogP contribution in [0.3, 0.4) is 0 Å². The Morgan fingerprint density at radius 1 is 1.60 bits per heavy atom. The molecule has 15 heavy (non-hydrogen) atoms. The number of esters is 1. The van der Waals surface area contributed by atoms with E-state index in [9.17, 15) is 9.90 Å². The predicted octanol–water partition coefficient (Wildman–Crippen LogP) is 0.523. The number of carbonyl (C=O) groups is 1. The minimum atomic E-state index is -0.381. The molecule has 0 aromatic carbocycles. The number of hydrogen-bond acceptors (Lipinski definition) is 5. The topological polar surface area (TPSA) is 72.5 Å². The van der Waals surface area contributed by atoms with Gasteiger partial charge in [0.2, 0.25) is 0 Å². The molecule has 4 nitrogen and oxygen atoms in total. The van der Waals surface area contributed by atoms with Gasteiger partial charge in [-0.15, -0.1) is 0 Å². The summed E-state index contributed by atoms with van der Waals surface area (Å²) in [7, 11) is 1.40. The monoisotopic (exact) mass is 233 g/mol. The third-order valence-corrected chi connectivity index (χ3v) is 4.19. The van der Waals surface area contributed by atoms with Crippen LogP contribution in [-0.2, 0) is 9.53 Å². The molecule has 1 aliphatic rings. The van der Waals surface area contributed by atoms with Crippen LogP contribution in [0.25, 0.3) is 0 Å². The van der Waals surface area contributed by atoms with Crippen molar-refractivity contribution >= 4 is 17.7 Å². The number of methoxy groups -OCH3 is 1. The van der Waals surface area contributed by atoms with Crippen LogP contribution < -0.4 is 5.73 Å². The van der Waals surface area contributed by atoms with Gasteiger partial charge in [-0.05, 0) is 12.8 Å². The molecule has 0 saturated carbocycles. The normalized spacial score (nSPS) is 30.5. The van der Waals surface area contributed by atoms with Crippen molar-refractivity contribution in [2.45, 2.75) is 43.1 Å². The van der Waals surface area contributed by atoms with E-state index in [1.807, 2.05) is 0 Å². The van der Waals surface area contributed by atoms with Gasteiger partial charge in [-0.1, -0.05) is 6.42 Å². The highest BCUT2D eigenvalue weighted by Crippen LogP contribution is 2.30.